The molecule has 1 saturated heterocycles. The second-order valence-corrected chi connectivity index (χ2v) is 5.36. The summed E-state index contributed by atoms with van der Waals surface area (Å²) in [7, 11) is 0. The third-order valence-corrected chi connectivity index (χ3v) is 3.44. The summed E-state index contributed by atoms with van der Waals surface area (Å²) < 4.78 is 26.5. The highest BCUT2D eigenvalue weighted by Gasteiger charge is 2.39. The van der Waals surface area contributed by atoms with Crippen molar-refractivity contribution in [3.05, 3.63) is 9.98 Å². The van der Waals surface area contributed by atoms with Gasteiger partial charge in [0.05, 0.1) is 16.5 Å². The molecule has 2 nitrogen and oxygen atoms in total. The van der Waals surface area contributed by atoms with Gasteiger partial charge in [0, 0.05) is 13.0 Å². The second-order valence-electron chi connectivity index (χ2n) is 2.97. The Kier molecular flexibility index (Phi) is 2.27. The molecule has 72 valence electrons. The Hall–Kier alpha value is -0.230. The highest BCUT2D eigenvalue weighted by molar-refractivity contribution is 9.11. The van der Waals surface area contributed by atoms with Gasteiger partial charge in [-0.3, -0.25) is 0 Å². The zero-order chi connectivity index (χ0) is 9.47. The van der Waals surface area contributed by atoms with Crippen molar-refractivity contribution in [1.29, 1.82) is 0 Å². The first-order valence-electron chi connectivity index (χ1n) is 3.81. The highest BCUT2D eigenvalue weighted by atomic mass is 79.9. The smallest absolute Gasteiger partial charge is 0.267 e. The van der Waals surface area contributed by atoms with Crippen LogP contribution in [0, 0.1) is 0 Å². The Morgan fingerprint density at radius 2 is 2.38 bits per heavy atom. The van der Waals surface area contributed by atoms with Gasteiger partial charge in [0.2, 0.25) is 0 Å². The molecule has 2 rings (SSSR count). The summed E-state index contributed by atoms with van der Waals surface area (Å²) in [5.74, 6) is -2.54. The SMILES string of the molecule is FC1(F)CCN(c2ncc(Br)s2)C1. The molecule has 0 saturated carbocycles. The number of hydrogen-bond acceptors (Lipinski definition) is 3. The minimum atomic E-state index is -2.54. The number of nitrogens with zero attached hydrogens (tertiary/aromatic N) is 2. The van der Waals surface area contributed by atoms with Crippen LogP contribution in [0.5, 0.6) is 0 Å². The molecule has 0 aliphatic carbocycles. The van der Waals surface area contributed by atoms with Crippen molar-refractivity contribution in [1.82, 2.24) is 4.98 Å². The van der Waals surface area contributed by atoms with E-state index in [1.54, 1.807) is 11.1 Å². The van der Waals surface area contributed by atoms with Crippen LogP contribution >= 0.6 is 27.3 Å². The Morgan fingerprint density at radius 3 is 2.85 bits per heavy atom. The summed E-state index contributed by atoms with van der Waals surface area (Å²) in [6.45, 7) is 0.194. The van der Waals surface area contributed by atoms with Gasteiger partial charge in [-0.05, 0) is 15.9 Å². The molecular weight excluding hydrogens is 262 g/mol. The van der Waals surface area contributed by atoms with Crippen molar-refractivity contribution in [2.75, 3.05) is 18.0 Å². The Labute approximate surface area is 86.7 Å². The number of alkyl halides is 2. The molecule has 0 N–H and O–H groups in total. The molecule has 2 heterocycles. The highest BCUT2D eigenvalue weighted by Crippen LogP contribution is 2.34. The van der Waals surface area contributed by atoms with Gasteiger partial charge in [0.15, 0.2) is 5.13 Å². The van der Waals surface area contributed by atoms with E-state index in [1.807, 2.05) is 0 Å². The van der Waals surface area contributed by atoms with E-state index < -0.39 is 5.92 Å². The third kappa shape index (κ3) is 1.99. The Bertz CT molecular complexity index is 315. The molecule has 0 atom stereocenters. The largest absolute Gasteiger partial charge is 0.342 e. The lowest BCUT2D eigenvalue weighted by atomic mass is 10.3. The first-order chi connectivity index (χ1) is 6.07. The van der Waals surface area contributed by atoms with Crippen molar-refractivity contribution in [2.45, 2.75) is 12.3 Å². The minimum absolute atomic E-state index is 0.0653. The lowest BCUT2D eigenvalue weighted by Gasteiger charge is -2.13. The molecule has 0 spiro atoms. The van der Waals surface area contributed by atoms with Gasteiger partial charge in [0.1, 0.15) is 0 Å². The van der Waals surface area contributed by atoms with E-state index >= 15 is 0 Å². The molecule has 0 bridgehead atoms. The van der Waals surface area contributed by atoms with Crippen LogP contribution in [0.1, 0.15) is 6.42 Å². The van der Waals surface area contributed by atoms with Crippen LogP contribution in [0.2, 0.25) is 0 Å². The second kappa shape index (κ2) is 3.16. The van der Waals surface area contributed by atoms with E-state index in [0.717, 1.165) is 3.79 Å². The Morgan fingerprint density at radius 1 is 1.62 bits per heavy atom. The maximum Gasteiger partial charge on any atom is 0.267 e. The van der Waals surface area contributed by atoms with Crippen molar-refractivity contribution in [2.24, 2.45) is 0 Å². The quantitative estimate of drug-likeness (QED) is 0.779. The van der Waals surface area contributed by atoms with E-state index in [4.69, 9.17) is 0 Å². The van der Waals surface area contributed by atoms with Gasteiger partial charge in [0.25, 0.3) is 5.92 Å². The lowest BCUT2D eigenvalue weighted by Crippen LogP contribution is -2.24. The first kappa shape index (κ1) is 9.33. The van der Waals surface area contributed by atoms with E-state index in [2.05, 4.69) is 20.9 Å². The average Bonchev–Trinajstić information content (AvgIpc) is 2.56. The molecule has 1 aromatic rings. The summed E-state index contributed by atoms with van der Waals surface area (Å²) in [4.78, 5) is 5.65. The number of anilines is 1. The number of thiazole rings is 1. The van der Waals surface area contributed by atoms with E-state index in [1.165, 1.54) is 11.3 Å². The fourth-order valence-corrected chi connectivity index (χ4v) is 2.50. The number of halogens is 3. The zero-order valence-electron chi connectivity index (χ0n) is 6.64. The molecule has 6 heteroatoms. The van der Waals surface area contributed by atoms with Crippen molar-refractivity contribution >= 4 is 32.4 Å². The van der Waals surface area contributed by atoms with Crippen molar-refractivity contribution in [3.8, 4) is 0 Å². The van der Waals surface area contributed by atoms with Crippen LogP contribution in [-0.4, -0.2) is 24.0 Å². The van der Waals surface area contributed by atoms with Gasteiger partial charge < -0.3 is 4.90 Å². The number of aromatic nitrogens is 1. The van der Waals surface area contributed by atoms with E-state index in [0.29, 0.717) is 11.7 Å². The molecule has 1 aromatic heterocycles. The van der Waals surface area contributed by atoms with Crippen LogP contribution in [0.4, 0.5) is 13.9 Å². The maximum atomic E-state index is 12.8. The number of rotatable bonds is 1. The van der Waals surface area contributed by atoms with Crippen molar-refractivity contribution in [3.63, 3.8) is 0 Å². The molecular formula is C7H7BrF2N2S. The molecule has 0 radical (unpaired) electrons. The molecule has 0 unspecified atom stereocenters. The predicted molar refractivity (Wildman–Crippen MR) is 51.6 cm³/mol. The standard InChI is InChI=1S/C7H7BrF2N2S/c8-5-3-11-6(13-5)12-2-1-7(9,10)4-12/h3H,1-2,4H2. The van der Waals surface area contributed by atoms with Crippen molar-refractivity contribution < 1.29 is 8.78 Å². The summed E-state index contributed by atoms with van der Waals surface area (Å²) in [5, 5.41) is 0.670. The normalized spacial score (nSPS) is 21.0. The summed E-state index contributed by atoms with van der Waals surface area (Å²) in [6, 6.07) is 0. The lowest BCUT2D eigenvalue weighted by molar-refractivity contribution is 0.0257. The molecule has 0 aromatic carbocycles. The minimum Gasteiger partial charge on any atom is -0.342 e. The molecule has 1 aliphatic heterocycles. The van der Waals surface area contributed by atoms with Gasteiger partial charge in [-0.25, -0.2) is 13.8 Å². The van der Waals surface area contributed by atoms with E-state index in [9.17, 15) is 8.78 Å². The topological polar surface area (TPSA) is 16.1 Å². The fourth-order valence-electron chi connectivity index (χ4n) is 1.29. The fraction of sp³-hybridized carbons (Fsp3) is 0.571. The number of hydrogen-bond donors (Lipinski definition) is 0. The van der Waals surface area contributed by atoms with Gasteiger partial charge in [-0.15, -0.1) is 0 Å². The summed E-state index contributed by atoms with van der Waals surface area (Å²) in [5.41, 5.74) is 0. The Balaban J connectivity index is 2.12. The maximum absolute atomic E-state index is 12.8. The van der Waals surface area contributed by atoms with Gasteiger partial charge >= 0.3 is 0 Å². The van der Waals surface area contributed by atoms with E-state index in [-0.39, 0.29) is 13.0 Å². The van der Waals surface area contributed by atoms with Crippen LogP contribution < -0.4 is 4.90 Å². The van der Waals surface area contributed by atoms with Gasteiger partial charge in [-0.1, -0.05) is 11.3 Å². The van der Waals surface area contributed by atoms with Gasteiger partial charge in [-0.2, -0.15) is 0 Å². The summed E-state index contributed by atoms with van der Waals surface area (Å²) >= 11 is 4.63. The third-order valence-electron chi connectivity index (χ3n) is 1.91. The molecule has 1 aliphatic rings. The molecule has 0 amide bonds. The van der Waals surface area contributed by atoms with Crippen LogP contribution in [0.15, 0.2) is 9.98 Å². The molecule has 13 heavy (non-hydrogen) atoms. The van der Waals surface area contributed by atoms with Crippen LogP contribution in [0.3, 0.4) is 0 Å². The van der Waals surface area contributed by atoms with Crippen LogP contribution in [-0.2, 0) is 0 Å². The zero-order valence-corrected chi connectivity index (χ0v) is 9.04. The average molecular weight is 269 g/mol. The first-order valence-corrected chi connectivity index (χ1v) is 5.42. The van der Waals surface area contributed by atoms with Crippen LogP contribution in [0.25, 0.3) is 0 Å². The predicted octanol–water partition coefficient (Wildman–Crippen LogP) is 2.75. The monoisotopic (exact) mass is 268 g/mol. The molecule has 1 fully saturated rings. The summed E-state index contributed by atoms with van der Waals surface area (Å²) in [6.07, 6.45) is 1.57.